The summed E-state index contributed by atoms with van der Waals surface area (Å²) >= 11 is 7.04. The zero-order chi connectivity index (χ0) is 15.9. The maximum absolute atomic E-state index is 7.04. The van der Waals surface area contributed by atoms with Gasteiger partial charge in [-0.1, -0.05) is 60.2 Å². The standard InChI is InChI=1S/C20H24ClN/c1-14(2)22-18(16-8-6-5-7-9-16)20(4,21)19(22)17-12-10-15(3)11-13-17/h5-14,18-19H,1-4H3/t18-,19+,20?/m1/s1. The number of hydrogen-bond acceptors (Lipinski definition) is 1. The van der Waals surface area contributed by atoms with Crippen molar-refractivity contribution in [2.75, 3.05) is 0 Å². The van der Waals surface area contributed by atoms with Gasteiger partial charge in [0.25, 0.3) is 0 Å². The minimum absolute atomic E-state index is 0.250. The molecule has 3 rings (SSSR count). The average molecular weight is 314 g/mol. The molecular formula is C20H24ClN. The Morgan fingerprint density at radius 3 is 1.91 bits per heavy atom. The quantitative estimate of drug-likeness (QED) is 0.676. The lowest BCUT2D eigenvalue weighted by molar-refractivity contribution is -0.0580. The van der Waals surface area contributed by atoms with Crippen LogP contribution in [0.25, 0.3) is 0 Å². The van der Waals surface area contributed by atoms with Crippen molar-refractivity contribution in [3.05, 3.63) is 71.3 Å². The minimum Gasteiger partial charge on any atom is -0.283 e. The van der Waals surface area contributed by atoms with Gasteiger partial charge in [0.1, 0.15) is 0 Å². The van der Waals surface area contributed by atoms with Crippen molar-refractivity contribution in [1.29, 1.82) is 0 Å². The average Bonchev–Trinajstić information content (AvgIpc) is 2.48. The molecule has 1 heterocycles. The molecule has 0 saturated carbocycles. The normalized spacial score (nSPS) is 28.6. The zero-order valence-electron chi connectivity index (χ0n) is 13.8. The van der Waals surface area contributed by atoms with E-state index in [1.54, 1.807) is 0 Å². The maximum Gasteiger partial charge on any atom is 0.0811 e. The number of halogens is 1. The highest BCUT2D eigenvalue weighted by Crippen LogP contribution is 2.60. The molecule has 1 aliphatic rings. The summed E-state index contributed by atoms with van der Waals surface area (Å²) in [4.78, 5) is 2.24. The van der Waals surface area contributed by atoms with Crippen LogP contribution >= 0.6 is 11.6 Å². The molecule has 0 amide bonds. The lowest BCUT2D eigenvalue weighted by Crippen LogP contribution is -2.63. The van der Waals surface area contributed by atoms with Gasteiger partial charge in [0, 0.05) is 6.04 Å². The fourth-order valence-electron chi connectivity index (χ4n) is 3.78. The van der Waals surface area contributed by atoms with Crippen LogP contribution in [0.4, 0.5) is 0 Å². The van der Waals surface area contributed by atoms with Crippen molar-refractivity contribution in [3.63, 3.8) is 0 Å². The molecule has 1 saturated heterocycles. The fraction of sp³-hybridized carbons (Fsp3) is 0.400. The predicted octanol–water partition coefficient (Wildman–Crippen LogP) is 5.50. The third-order valence-corrected chi connectivity index (χ3v) is 5.18. The molecule has 2 heteroatoms. The van der Waals surface area contributed by atoms with Crippen molar-refractivity contribution in [3.8, 4) is 0 Å². The molecule has 0 aromatic heterocycles. The highest BCUT2D eigenvalue weighted by molar-refractivity contribution is 6.25. The first kappa shape index (κ1) is 15.6. The Hall–Kier alpha value is -1.31. The first-order valence-electron chi connectivity index (χ1n) is 8.01. The number of aryl methyl sites for hydroxylation is 1. The molecular weight excluding hydrogens is 290 g/mol. The van der Waals surface area contributed by atoms with Crippen molar-refractivity contribution in [2.45, 2.75) is 50.7 Å². The van der Waals surface area contributed by atoms with Crippen molar-refractivity contribution in [2.24, 2.45) is 0 Å². The van der Waals surface area contributed by atoms with Crippen LogP contribution < -0.4 is 0 Å². The largest absolute Gasteiger partial charge is 0.283 e. The summed E-state index contributed by atoms with van der Waals surface area (Å²) in [5.41, 5.74) is 3.90. The topological polar surface area (TPSA) is 3.24 Å². The molecule has 1 nitrogen and oxygen atoms in total. The Balaban J connectivity index is 2.00. The van der Waals surface area contributed by atoms with Gasteiger partial charge in [0.05, 0.1) is 17.0 Å². The van der Waals surface area contributed by atoms with Crippen LogP contribution in [0.2, 0.25) is 0 Å². The maximum atomic E-state index is 7.04. The Morgan fingerprint density at radius 2 is 1.41 bits per heavy atom. The summed E-state index contributed by atoms with van der Waals surface area (Å²) in [5, 5.41) is 0. The molecule has 0 aliphatic carbocycles. The molecule has 0 bridgehead atoms. The van der Waals surface area contributed by atoms with E-state index in [2.05, 4.69) is 87.2 Å². The van der Waals surface area contributed by atoms with Crippen molar-refractivity contribution < 1.29 is 0 Å². The Morgan fingerprint density at radius 1 is 0.909 bits per heavy atom. The third kappa shape index (κ3) is 2.47. The summed E-state index contributed by atoms with van der Waals surface area (Å²) < 4.78 is 0. The number of alkyl halides is 1. The molecule has 1 fully saturated rings. The van der Waals surface area contributed by atoms with Gasteiger partial charge >= 0.3 is 0 Å². The van der Waals surface area contributed by atoms with Crippen molar-refractivity contribution in [1.82, 2.24) is 4.90 Å². The zero-order valence-corrected chi connectivity index (χ0v) is 14.5. The second kappa shape index (κ2) is 5.72. The van der Waals surface area contributed by atoms with Crippen LogP contribution in [0.3, 0.4) is 0 Å². The second-order valence-electron chi connectivity index (χ2n) is 6.82. The first-order valence-corrected chi connectivity index (χ1v) is 8.38. The van der Waals surface area contributed by atoms with E-state index in [-0.39, 0.29) is 17.0 Å². The van der Waals surface area contributed by atoms with E-state index in [0.717, 1.165) is 0 Å². The lowest BCUT2D eigenvalue weighted by atomic mass is 9.72. The summed E-state index contributed by atoms with van der Waals surface area (Å²) in [7, 11) is 0. The van der Waals surface area contributed by atoms with Gasteiger partial charge in [-0.15, -0.1) is 11.6 Å². The van der Waals surface area contributed by atoms with Gasteiger partial charge in [-0.2, -0.15) is 0 Å². The second-order valence-corrected chi connectivity index (χ2v) is 7.63. The first-order chi connectivity index (χ1) is 10.4. The lowest BCUT2D eigenvalue weighted by Gasteiger charge is -2.61. The summed E-state index contributed by atoms with van der Waals surface area (Å²) in [6.45, 7) is 8.81. The fourth-order valence-corrected chi connectivity index (χ4v) is 4.25. The molecule has 116 valence electrons. The molecule has 2 aromatic carbocycles. The summed E-state index contributed by atoms with van der Waals surface area (Å²) in [6, 6.07) is 20.4. The van der Waals surface area contributed by atoms with E-state index < -0.39 is 0 Å². The summed E-state index contributed by atoms with van der Waals surface area (Å²) in [5.74, 6) is 0. The van der Waals surface area contributed by atoms with E-state index in [4.69, 9.17) is 11.6 Å². The van der Waals surface area contributed by atoms with E-state index in [1.165, 1.54) is 16.7 Å². The van der Waals surface area contributed by atoms with Gasteiger partial charge in [-0.25, -0.2) is 0 Å². The smallest absolute Gasteiger partial charge is 0.0811 e. The molecule has 0 N–H and O–H groups in total. The van der Waals surface area contributed by atoms with Crippen LogP contribution in [0.1, 0.15) is 49.5 Å². The number of rotatable bonds is 3. The Kier molecular flexibility index (Phi) is 4.05. The van der Waals surface area contributed by atoms with Crippen molar-refractivity contribution >= 4 is 11.6 Å². The van der Waals surface area contributed by atoms with E-state index in [9.17, 15) is 0 Å². The number of hydrogen-bond donors (Lipinski definition) is 0. The Bertz CT molecular complexity index is 631. The molecule has 0 radical (unpaired) electrons. The molecule has 2 aromatic rings. The number of likely N-dealkylation sites (tertiary alicyclic amines) is 1. The molecule has 0 spiro atoms. The Labute approximate surface area is 138 Å². The summed E-state index contributed by atoms with van der Waals surface area (Å²) in [6.07, 6.45) is 0. The van der Waals surface area contributed by atoms with E-state index in [1.807, 2.05) is 0 Å². The molecule has 1 aliphatic heterocycles. The SMILES string of the molecule is Cc1ccc([C@@H]2N(C(C)C)[C@H](c3ccccc3)C2(C)Cl)cc1. The molecule has 22 heavy (non-hydrogen) atoms. The minimum atomic E-state index is -0.291. The van der Waals surface area contributed by atoms with E-state index >= 15 is 0 Å². The monoisotopic (exact) mass is 313 g/mol. The van der Waals surface area contributed by atoms with E-state index in [0.29, 0.717) is 6.04 Å². The molecule has 3 atom stereocenters. The number of benzene rings is 2. The van der Waals surface area contributed by atoms with Gasteiger partial charge in [-0.3, -0.25) is 4.90 Å². The van der Waals surface area contributed by atoms with Gasteiger partial charge in [0.2, 0.25) is 0 Å². The van der Waals surface area contributed by atoms with Crippen LogP contribution in [0.15, 0.2) is 54.6 Å². The van der Waals surface area contributed by atoms with Crippen LogP contribution in [0.5, 0.6) is 0 Å². The molecule has 1 unspecified atom stereocenters. The van der Waals surface area contributed by atoms with Crippen LogP contribution in [-0.2, 0) is 0 Å². The highest BCUT2D eigenvalue weighted by Gasteiger charge is 2.58. The van der Waals surface area contributed by atoms with Crippen LogP contribution in [-0.4, -0.2) is 15.8 Å². The van der Waals surface area contributed by atoms with Gasteiger partial charge in [-0.05, 0) is 38.8 Å². The number of nitrogens with zero attached hydrogens (tertiary/aromatic N) is 1. The third-order valence-electron chi connectivity index (χ3n) is 4.77. The predicted molar refractivity (Wildman–Crippen MR) is 94.3 cm³/mol. The van der Waals surface area contributed by atoms with Crippen LogP contribution in [0, 0.1) is 6.92 Å². The van der Waals surface area contributed by atoms with Gasteiger partial charge < -0.3 is 0 Å². The van der Waals surface area contributed by atoms with Gasteiger partial charge in [0.15, 0.2) is 0 Å². The highest BCUT2D eigenvalue weighted by atomic mass is 35.5.